The van der Waals surface area contributed by atoms with Crippen molar-refractivity contribution in [3.05, 3.63) is 54.3 Å². The summed E-state index contributed by atoms with van der Waals surface area (Å²) in [5, 5.41) is 23.4. The minimum Gasteiger partial charge on any atom is -0.318 e. The number of nitro groups is 2. The van der Waals surface area contributed by atoms with E-state index in [1.54, 1.807) is 0 Å². The predicted molar refractivity (Wildman–Crippen MR) is 80.1 cm³/mol. The second kappa shape index (κ2) is 6.64. The Hall–Kier alpha value is -2.73. The van der Waals surface area contributed by atoms with Crippen molar-refractivity contribution in [2.75, 3.05) is 5.32 Å². The molecule has 1 aromatic carbocycles. The Bertz CT molecular complexity index is 857. The van der Waals surface area contributed by atoms with Crippen LogP contribution in [-0.4, -0.2) is 19.8 Å². The SMILES string of the molecule is O=[N+]([O-])c1cc([N+](=O)[O-])c(Nc2nc(Cl)cc(Cl)n2)c(C(F)(F)F)c1. The normalized spacial score (nSPS) is 11.2. The van der Waals surface area contributed by atoms with E-state index in [1.807, 2.05) is 5.32 Å². The lowest BCUT2D eigenvalue weighted by molar-refractivity contribution is -0.394. The molecule has 2 rings (SSSR count). The van der Waals surface area contributed by atoms with Crippen LogP contribution in [0.3, 0.4) is 0 Å². The molecule has 0 fully saturated rings. The second-order valence-electron chi connectivity index (χ2n) is 4.36. The van der Waals surface area contributed by atoms with Crippen molar-refractivity contribution in [3.63, 3.8) is 0 Å². The quantitative estimate of drug-likeness (QED) is 0.461. The molecule has 14 heteroatoms. The number of alkyl halides is 3. The third-order valence-electron chi connectivity index (χ3n) is 2.72. The maximum Gasteiger partial charge on any atom is 0.418 e. The van der Waals surface area contributed by atoms with Crippen molar-refractivity contribution in [1.29, 1.82) is 0 Å². The summed E-state index contributed by atoms with van der Waals surface area (Å²) in [7, 11) is 0. The molecular weight excluding hydrogens is 394 g/mol. The number of hydrogen-bond donors (Lipinski definition) is 1. The van der Waals surface area contributed by atoms with Crippen molar-refractivity contribution < 1.29 is 23.0 Å². The van der Waals surface area contributed by atoms with Crippen LogP contribution in [0.2, 0.25) is 10.3 Å². The molecule has 0 aliphatic carbocycles. The standard InChI is InChI=1S/C11H4Cl2F3N5O4/c12-7-3-8(13)18-10(17-7)19-9-5(11(14,15)16)1-4(20(22)23)2-6(9)21(24)25/h1-3H,(H,17,18,19). The molecule has 0 radical (unpaired) electrons. The number of benzene rings is 1. The Morgan fingerprint density at radius 3 is 2.00 bits per heavy atom. The van der Waals surface area contributed by atoms with Gasteiger partial charge in [-0.1, -0.05) is 23.2 Å². The zero-order valence-corrected chi connectivity index (χ0v) is 13.1. The summed E-state index contributed by atoms with van der Waals surface area (Å²) < 4.78 is 39.7. The van der Waals surface area contributed by atoms with Crippen molar-refractivity contribution in [3.8, 4) is 0 Å². The number of halogens is 5. The lowest BCUT2D eigenvalue weighted by Crippen LogP contribution is -2.12. The minimum absolute atomic E-state index is 0.154. The number of hydrogen-bond acceptors (Lipinski definition) is 7. The Labute approximate surface area is 145 Å². The van der Waals surface area contributed by atoms with Crippen LogP contribution in [0.5, 0.6) is 0 Å². The van der Waals surface area contributed by atoms with Gasteiger partial charge in [0.1, 0.15) is 16.0 Å². The zero-order valence-electron chi connectivity index (χ0n) is 11.5. The van der Waals surface area contributed by atoms with E-state index in [0.29, 0.717) is 6.07 Å². The fourth-order valence-corrected chi connectivity index (χ4v) is 2.20. The highest BCUT2D eigenvalue weighted by atomic mass is 35.5. The van der Waals surface area contributed by atoms with E-state index < -0.39 is 44.6 Å². The van der Waals surface area contributed by atoms with E-state index in [4.69, 9.17) is 23.2 Å². The topological polar surface area (TPSA) is 124 Å². The molecule has 0 saturated carbocycles. The largest absolute Gasteiger partial charge is 0.418 e. The predicted octanol–water partition coefficient (Wildman–Crippen LogP) is 4.36. The van der Waals surface area contributed by atoms with Gasteiger partial charge in [-0.25, -0.2) is 9.97 Å². The van der Waals surface area contributed by atoms with Crippen LogP contribution in [0.4, 0.5) is 36.2 Å². The molecule has 0 bridgehead atoms. The summed E-state index contributed by atoms with van der Waals surface area (Å²) in [5.74, 6) is -0.556. The highest BCUT2D eigenvalue weighted by Gasteiger charge is 2.40. The number of nitro benzene ring substituents is 2. The molecule has 1 aromatic heterocycles. The van der Waals surface area contributed by atoms with Gasteiger partial charge in [0.2, 0.25) is 5.95 Å². The summed E-state index contributed by atoms with van der Waals surface area (Å²) in [6.45, 7) is 0. The molecule has 132 valence electrons. The third-order valence-corrected chi connectivity index (χ3v) is 3.10. The molecule has 1 heterocycles. The number of nitrogens with zero attached hydrogens (tertiary/aromatic N) is 4. The molecule has 0 unspecified atom stereocenters. The van der Waals surface area contributed by atoms with Crippen LogP contribution in [0.25, 0.3) is 0 Å². The van der Waals surface area contributed by atoms with Crippen LogP contribution in [0.15, 0.2) is 18.2 Å². The molecule has 1 N–H and O–H groups in total. The fraction of sp³-hybridized carbons (Fsp3) is 0.0909. The summed E-state index contributed by atoms with van der Waals surface area (Å²) in [6.07, 6.45) is -5.14. The molecule has 2 aromatic rings. The zero-order chi connectivity index (χ0) is 18.9. The number of nitrogens with one attached hydrogen (secondary N) is 1. The first-order valence-corrected chi connectivity index (χ1v) is 6.75. The Balaban J connectivity index is 2.72. The van der Waals surface area contributed by atoms with Crippen molar-refractivity contribution in [2.24, 2.45) is 0 Å². The molecule has 0 spiro atoms. The number of aromatic nitrogens is 2. The molecular formula is C11H4Cl2F3N5O4. The summed E-state index contributed by atoms with van der Waals surface area (Å²) in [6, 6.07) is 1.62. The van der Waals surface area contributed by atoms with Gasteiger partial charge in [0.05, 0.1) is 21.5 Å². The highest BCUT2D eigenvalue weighted by Crippen LogP contribution is 2.43. The van der Waals surface area contributed by atoms with Crippen LogP contribution in [0, 0.1) is 20.2 Å². The van der Waals surface area contributed by atoms with Crippen molar-refractivity contribution >= 4 is 46.2 Å². The van der Waals surface area contributed by atoms with E-state index in [1.165, 1.54) is 0 Å². The summed E-state index contributed by atoms with van der Waals surface area (Å²) in [4.78, 5) is 26.5. The van der Waals surface area contributed by atoms with E-state index in [0.717, 1.165) is 6.07 Å². The molecule has 9 nitrogen and oxygen atoms in total. The van der Waals surface area contributed by atoms with Crippen molar-refractivity contribution in [2.45, 2.75) is 6.18 Å². The monoisotopic (exact) mass is 397 g/mol. The smallest absolute Gasteiger partial charge is 0.318 e. The van der Waals surface area contributed by atoms with Crippen LogP contribution >= 0.6 is 23.2 Å². The Kier molecular flexibility index (Phi) is 4.94. The van der Waals surface area contributed by atoms with E-state index >= 15 is 0 Å². The van der Waals surface area contributed by atoms with Gasteiger partial charge in [-0.3, -0.25) is 20.2 Å². The molecule has 0 saturated heterocycles. The van der Waals surface area contributed by atoms with Gasteiger partial charge in [-0.2, -0.15) is 13.2 Å². The van der Waals surface area contributed by atoms with Gasteiger partial charge in [0.15, 0.2) is 0 Å². The van der Waals surface area contributed by atoms with Crippen LogP contribution < -0.4 is 5.32 Å². The average Bonchev–Trinajstić information content (AvgIpc) is 2.44. The summed E-state index contributed by atoms with van der Waals surface area (Å²) in [5.41, 5.74) is -5.02. The van der Waals surface area contributed by atoms with Crippen LogP contribution in [-0.2, 0) is 6.18 Å². The lowest BCUT2D eigenvalue weighted by atomic mass is 10.1. The number of anilines is 2. The minimum atomic E-state index is -5.14. The average molecular weight is 398 g/mol. The van der Waals surface area contributed by atoms with Gasteiger partial charge in [-0.15, -0.1) is 0 Å². The highest BCUT2D eigenvalue weighted by molar-refractivity contribution is 6.33. The Morgan fingerprint density at radius 2 is 1.56 bits per heavy atom. The fourth-order valence-electron chi connectivity index (χ4n) is 1.77. The molecule has 0 aliphatic heterocycles. The van der Waals surface area contributed by atoms with E-state index in [2.05, 4.69) is 9.97 Å². The molecule has 0 aliphatic rings. The first kappa shape index (κ1) is 18.6. The maximum absolute atomic E-state index is 13.2. The first-order valence-electron chi connectivity index (χ1n) is 6.00. The Morgan fingerprint density at radius 1 is 1.00 bits per heavy atom. The van der Waals surface area contributed by atoms with Crippen LogP contribution in [0.1, 0.15) is 5.56 Å². The molecule has 25 heavy (non-hydrogen) atoms. The number of rotatable bonds is 4. The number of non-ortho nitro benzene ring substituents is 1. The maximum atomic E-state index is 13.2. The van der Waals surface area contributed by atoms with Gasteiger partial charge in [-0.05, 0) is 0 Å². The first-order chi connectivity index (χ1) is 11.5. The third kappa shape index (κ3) is 4.22. The lowest BCUT2D eigenvalue weighted by Gasteiger charge is -2.14. The molecule has 0 atom stereocenters. The van der Waals surface area contributed by atoms with E-state index in [9.17, 15) is 33.4 Å². The summed E-state index contributed by atoms with van der Waals surface area (Å²) >= 11 is 11.2. The van der Waals surface area contributed by atoms with Gasteiger partial charge in [0.25, 0.3) is 11.4 Å². The molecule has 0 amide bonds. The van der Waals surface area contributed by atoms with Gasteiger partial charge >= 0.3 is 6.18 Å². The van der Waals surface area contributed by atoms with Gasteiger partial charge < -0.3 is 5.32 Å². The van der Waals surface area contributed by atoms with Gasteiger partial charge in [0, 0.05) is 12.1 Å². The van der Waals surface area contributed by atoms with E-state index in [-0.39, 0.29) is 16.4 Å². The second-order valence-corrected chi connectivity index (χ2v) is 5.14. The van der Waals surface area contributed by atoms with Crippen molar-refractivity contribution in [1.82, 2.24) is 9.97 Å².